The lowest BCUT2D eigenvalue weighted by atomic mass is 10.0. The summed E-state index contributed by atoms with van der Waals surface area (Å²) in [5.41, 5.74) is 1.03. The maximum absolute atomic E-state index is 13.3. The minimum atomic E-state index is -3.23. The monoisotopic (exact) mass is 425 g/mol. The van der Waals surface area contributed by atoms with Crippen LogP contribution in [0.4, 0.5) is 0 Å². The Morgan fingerprint density at radius 1 is 1.38 bits per heavy atom. The molecule has 0 radical (unpaired) electrons. The highest BCUT2D eigenvalue weighted by atomic mass is 32.2. The van der Waals surface area contributed by atoms with Crippen LogP contribution in [0.5, 0.6) is 0 Å². The Morgan fingerprint density at radius 3 is 2.62 bits per heavy atom. The van der Waals surface area contributed by atoms with Crippen LogP contribution in [0.3, 0.4) is 0 Å². The van der Waals surface area contributed by atoms with E-state index in [2.05, 4.69) is 5.10 Å². The minimum Gasteiger partial charge on any atom is -0.391 e. The van der Waals surface area contributed by atoms with Gasteiger partial charge in [-0.3, -0.25) is 14.3 Å². The number of carbonyl (C=O) groups excluding carboxylic acids is 2. The van der Waals surface area contributed by atoms with Crippen LogP contribution in [0.1, 0.15) is 59.1 Å². The van der Waals surface area contributed by atoms with Crippen LogP contribution < -0.4 is 0 Å². The van der Waals surface area contributed by atoms with E-state index in [1.807, 2.05) is 0 Å². The Kier molecular flexibility index (Phi) is 5.07. The molecule has 0 aromatic carbocycles. The number of amides is 1. The standard InChI is InChI=1S/C19H27N3O6S/c1-12(23)9-22-17-14(16(20-22)15(24)10-28-2)5-8-21(18(17)25)11-19(6-7-19)29(26,27)13-3-4-13/h12-13,23H,3-11H2,1-2H3. The van der Waals surface area contributed by atoms with Gasteiger partial charge in [0.1, 0.15) is 18.0 Å². The molecular formula is C19H27N3O6S. The SMILES string of the molecule is COCC(=O)c1nn(CC(C)O)c2c1CCN(CC1(S(=O)(=O)C3CC3)CC1)C2=O. The summed E-state index contributed by atoms with van der Waals surface area (Å²) in [5.74, 6) is -0.641. The Balaban J connectivity index is 1.63. The van der Waals surface area contributed by atoms with Crippen molar-refractivity contribution in [2.24, 2.45) is 0 Å². The second-order valence-electron chi connectivity index (χ2n) is 8.47. The van der Waals surface area contributed by atoms with Crippen LogP contribution >= 0.6 is 0 Å². The fourth-order valence-electron chi connectivity index (χ4n) is 4.18. The molecule has 1 atom stereocenters. The summed E-state index contributed by atoms with van der Waals surface area (Å²) in [7, 11) is -1.81. The molecule has 1 aliphatic heterocycles. The minimum absolute atomic E-state index is 0.0771. The van der Waals surface area contributed by atoms with E-state index in [4.69, 9.17) is 4.74 Å². The first-order chi connectivity index (χ1) is 13.7. The molecule has 0 saturated heterocycles. The molecule has 1 amide bonds. The van der Waals surface area contributed by atoms with Crippen molar-refractivity contribution in [1.82, 2.24) is 14.7 Å². The van der Waals surface area contributed by atoms with E-state index >= 15 is 0 Å². The van der Waals surface area contributed by atoms with E-state index < -0.39 is 20.7 Å². The van der Waals surface area contributed by atoms with Gasteiger partial charge >= 0.3 is 0 Å². The number of aliphatic hydroxyl groups excluding tert-OH is 1. The van der Waals surface area contributed by atoms with Gasteiger partial charge in [-0.2, -0.15) is 5.10 Å². The van der Waals surface area contributed by atoms with Crippen molar-refractivity contribution in [3.8, 4) is 0 Å². The van der Waals surface area contributed by atoms with Crippen molar-refractivity contribution in [1.29, 1.82) is 0 Å². The summed E-state index contributed by atoms with van der Waals surface area (Å²) in [6.07, 6.45) is 2.28. The first-order valence-corrected chi connectivity index (χ1v) is 11.6. The van der Waals surface area contributed by atoms with Crippen LogP contribution in [-0.4, -0.2) is 82.8 Å². The molecule has 1 N–H and O–H groups in total. The van der Waals surface area contributed by atoms with Gasteiger partial charge in [-0.1, -0.05) is 0 Å². The number of rotatable bonds is 9. The highest BCUT2D eigenvalue weighted by molar-refractivity contribution is 7.94. The zero-order valence-electron chi connectivity index (χ0n) is 16.8. The van der Waals surface area contributed by atoms with Crippen LogP contribution in [0.25, 0.3) is 0 Å². The predicted molar refractivity (Wildman–Crippen MR) is 104 cm³/mol. The second kappa shape index (κ2) is 7.17. The molecule has 2 heterocycles. The van der Waals surface area contributed by atoms with Crippen molar-refractivity contribution < 1.29 is 27.9 Å². The van der Waals surface area contributed by atoms with Gasteiger partial charge in [0.05, 0.1) is 22.6 Å². The summed E-state index contributed by atoms with van der Waals surface area (Å²) in [4.78, 5) is 27.2. The number of ketones is 1. The summed E-state index contributed by atoms with van der Waals surface area (Å²) in [6.45, 7) is 2.05. The Morgan fingerprint density at radius 2 is 2.07 bits per heavy atom. The third kappa shape index (κ3) is 3.51. The zero-order valence-corrected chi connectivity index (χ0v) is 17.6. The zero-order chi connectivity index (χ0) is 21.0. The number of carbonyl (C=O) groups is 2. The fourth-order valence-corrected chi connectivity index (χ4v) is 6.65. The Labute approximate surface area is 169 Å². The number of aromatic nitrogens is 2. The van der Waals surface area contributed by atoms with Crippen LogP contribution in [-0.2, 0) is 27.5 Å². The largest absolute Gasteiger partial charge is 0.391 e. The van der Waals surface area contributed by atoms with Crippen molar-refractivity contribution in [3.05, 3.63) is 17.0 Å². The van der Waals surface area contributed by atoms with Crippen LogP contribution in [0.2, 0.25) is 0 Å². The molecule has 1 aromatic heterocycles. The van der Waals surface area contributed by atoms with Crippen LogP contribution in [0, 0.1) is 0 Å². The molecule has 1 unspecified atom stereocenters. The second-order valence-corrected chi connectivity index (χ2v) is 11.1. The van der Waals surface area contributed by atoms with Crippen molar-refractivity contribution >= 4 is 21.5 Å². The molecule has 3 aliphatic rings. The van der Waals surface area contributed by atoms with E-state index in [-0.39, 0.29) is 48.0 Å². The maximum Gasteiger partial charge on any atom is 0.272 e. The number of nitrogens with zero attached hydrogens (tertiary/aromatic N) is 3. The third-order valence-electron chi connectivity index (χ3n) is 6.00. The van der Waals surface area contributed by atoms with E-state index in [0.717, 1.165) is 0 Å². The van der Waals surface area contributed by atoms with Crippen molar-refractivity contribution in [3.63, 3.8) is 0 Å². The highest BCUT2D eigenvalue weighted by Gasteiger charge is 2.60. The first-order valence-electron chi connectivity index (χ1n) is 10.0. The number of methoxy groups -OCH3 is 1. The smallest absolute Gasteiger partial charge is 0.272 e. The molecule has 160 valence electrons. The summed E-state index contributed by atoms with van der Waals surface area (Å²) >= 11 is 0. The summed E-state index contributed by atoms with van der Waals surface area (Å²) in [6, 6.07) is 0. The van der Waals surface area contributed by atoms with Gasteiger partial charge in [-0.25, -0.2) is 8.42 Å². The molecule has 29 heavy (non-hydrogen) atoms. The number of hydrogen-bond donors (Lipinski definition) is 1. The van der Waals surface area contributed by atoms with Crippen molar-refractivity contribution in [2.45, 2.75) is 61.7 Å². The number of Topliss-reactive ketones (excluding diaryl/α,β-unsaturated/α-hetero) is 1. The van der Waals surface area contributed by atoms with Gasteiger partial charge in [0.2, 0.25) is 5.78 Å². The average molecular weight is 426 g/mol. The lowest BCUT2D eigenvalue weighted by Crippen LogP contribution is -2.47. The lowest BCUT2D eigenvalue weighted by molar-refractivity contribution is 0.0717. The molecule has 1 aromatic rings. The molecule has 2 aliphatic carbocycles. The van der Waals surface area contributed by atoms with Gasteiger partial charge in [0.25, 0.3) is 5.91 Å². The molecule has 2 saturated carbocycles. The van der Waals surface area contributed by atoms with Gasteiger partial charge in [0, 0.05) is 25.8 Å². The average Bonchev–Trinajstić information content (AvgIpc) is 3.55. The number of hydrogen-bond acceptors (Lipinski definition) is 7. The lowest BCUT2D eigenvalue weighted by Gasteiger charge is -2.31. The normalized spacial score (nSPS) is 21.8. The van der Waals surface area contributed by atoms with Gasteiger partial charge in [-0.15, -0.1) is 0 Å². The van der Waals surface area contributed by atoms with Gasteiger partial charge in [-0.05, 0) is 39.0 Å². The van der Waals surface area contributed by atoms with E-state index in [1.165, 1.54) is 11.8 Å². The predicted octanol–water partition coefficient (Wildman–Crippen LogP) is 0.201. The van der Waals surface area contributed by atoms with Gasteiger partial charge < -0.3 is 14.7 Å². The topological polar surface area (TPSA) is 119 Å². The summed E-state index contributed by atoms with van der Waals surface area (Å²) in [5, 5.41) is 13.9. The highest BCUT2D eigenvalue weighted by Crippen LogP contribution is 2.50. The van der Waals surface area contributed by atoms with Gasteiger partial charge in [0.15, 0.2) is 9.84 Å². The molecule has 9 nitrogen and oxygen atoms in total. The molecule has 4 rings (SSSR count). The molecule has 0 bridgehead atoms. The number of aliphatic hydroxyl groups is 1. The number of sulfone groups is 1. The number of ether oxygens (including phenoxy) is 1. The summed E-state index contributed by atoms with van der Waals surface area (Å²) < 4.78 is 31.2. The van der Waals surface area contributed by atoms with E-state index in [9.17, 15) is 23.1 Å². The molecule has 2 fully saturated rings. The fraction of sp³-hybridized carbons (Fsp3) is 0.737. The molecule has 0 spiro atoms. The van der Waals surface area contributed by atoms with Crippen molar-refractivity contribution in [2.75, 3.05) is 26.8 Å². The first kappa shape index (κ1) is 20.5. The third-order valence-corrected chi connectivity index (χ3v) is 9.10. The Bertz CT molecular complexity index is 943. The van der Waals surface area contributed by atoms with E-state index in [0.29, 0.717) is 44.2 Å². The number of fused-ring (bicyclic) bond motifs is 1. The quantitative estimate of drug-likeness (QED) is 0.562. The molecule has 10 heteroatoms. The molecular weight excluding hydrogens is 398 g/mol. The maximum atomic E-state index is 13.3. The Hall–Kier alpha value is -1.78. The van der Waals surface area contributed by atoms with Crippen LogP contribution in [0.15, 0.2) is 0 Å². The van der Waals surface area contributed by atoms with E-state index in [1.54, 1.807) is 11.8 Å².